The highest BCUT2D eigenvalue weighted by Gasteiger charge is 2.33. The molecule has 90 heavy (non-hydrogen) atoms. The number of fused-ring (bicyclic) bond motifs is 2. The van der Waals surface area contributed by atoms with Gasteiger partial charge in [-0.2, -0.15) is 0 Å². The average Bonchev–Trinajstić information content (AvgIpc) is 0.804. The summed E-state index contributed by atoms with van der Waals surface area (Å²) in [5.41, 5.74) is 20.0. The molecule has 15 rings (SSSR count). The van der Waals surface area contributed by atoms with E-state index in [2.05, 4.69) is 384 Å². The summed E-state index contributed by atoms with van der Waals surface area (Å²) in [5.74, 6) is 2.22. The lowest BCUT2D eigenvalue weighted by Crippen LogP contribution is -2.19. The highest BCUT2D eigenvalue weighted by Crippen LogP contribution is 2.58. The summed E-state index contributed by atoms with van der Waals surface area (Å²) in [5, 5.41) is 0. The molecule has 1 aliphatic heterocycles. The normalized spacial score (nSPS) is 11.3. The highest BCUT2D eigenvalue weighted by atomic mass is 16.6. The summed E-state index contributed by atoms with van der Waals surface area (Å²) in [7, 11) is 0. The van der Waals surface area contributed by atoms with E-state index in [-0.39, 0.29) is 0 Å². The van der Waals surface area contributed by atoms with Crippen molar-refractivity contribution < 1.29 is 9.47 Å². The first-order chi connectivity index (χ1) is 44.6. The number of hydrogen-bond acceptors (Lipinski definition) is 6. The van der Waals surface area contributed by atoms with Crippen molar-refractivity contribution in [3.63, 3.8) is 0 Å². The van der Waals surface area contributed by atoms with Crippen molar-refractivity contribution in [3.8, 4) is 67.5 Å². The van der Waals surface area contributed by atoms with Crippen LogP contribution in [0.1, 0.15) is 0 Å². The fourth-order valence-electron chi connectivity index (χ4n) is 12.2. The van der Waals surface area contributed by atoms with Crippen LogP contribution >= 0.6 is 0 Å². The third-order valence-corrected chi connectivity index (χ3v) is 16.4. The lowest BCUT2D eigenvalue weighted by Gasteiger charge is -2.36. The van der Waals surface area contributed by atoms with Gasteiger partial charge in [0.2, 0.25) is 0 Å². The number of anilines is 12. The number of rotatable bonds is 16. The highest BCUT2D eigenvalue weighted by molar-refractivity contribution is 5.97. The van der Waals surface area contributed by atoms with E-state index in [4.69, 9.17) is 9.47 Å². The van der Waals surface area contributed by atoms with E-state index in [1.807, 2.05) is 0 Å². The van der Waals surface area contributed by atoms with E-state index in [1.54, 1.807) is 0 Å². The number of para-hydroxylation sites is 4. The van der Waals surface area contributed by atoms with Crippen LogP contribution in [-0.2, 0) is 0 Å². The molecule has 14 aromatic rings. The molecule has 6 heteroatoms. The van der Waals surface area contributed by atoms with Gasteiger partial charge in [-0.05, 0) is 142 Å². The van der Waals surface area contributed by atoms with Crippen molar-refractivity contribution >= 4 is 68.2 Å². The van der Waals surface area contributed by atoms with Gasteiger partial charge in [-0.1, -0.05) is 243 Å². The van der Waals surface area contributed by atoms with Crippen molar-refractivity contribution in [1.29, 1.82) is 0 Å². The van der Waals surface area contributed by atoms with Crippen LogP contribution in [0.2, 0.25) is 0 Å². The summed E-state index contributed by atoms with van der Waals surface area (Å²) in [4.78, 5) is 9.35. The van der Waals surface area contributed by atoms with Gasteiger partial charge in [-0.25, -0.2) is 0 Å². The van der Waals surface area contributed by atoms with E-state index in [0.717, 1.165) is 113 Å². The third kappa shape index (κ3) is 11.1. The molecular weight excluding hydrogens is 1100 g/mol. The molecular formula is C84H60N4O2. The van der Waals surface area contributed by atoms with Gasteiger partial charge in [0, 0.05) is 69.8 Å². The largest absolute Gasteiger partial charge is 0.449 e. The van der Waals surface area contributed by atoms with Gasteiger partial charge in [0.15, 0.2) is 23.0 Å². The lowest BCUT2D eigenvalue weighted by molar-refractivity contribution is 0.360. The Labute approximate surface area is 525 Å². The summed E-state index contributed by atoms with van der Waals surface area (Å²) < 4.78 is 15.0. The Kier molecular flexibility index (Phi) is 15.0. The fourth-order valence-corrected chi connectivity index (χ4v) is 12.2. The zero-order valence-electron chi connectivity index (χ0n) is 49.2. The molecule has 0 amide bonds. The zero-order valence-corrected chi connectivity index (χ0v) is 49.2. The molecule has 1 heterocycles. The standard InChI is InChI=1S/C84H60N4O2/c1-9-29-61(30-10-1)65-37-25-49-73(53-65)85(69-41-17-5-18-42-69)77-57-81-82(58-78(77)86(70-43-19-6-20-44-70)74-50-26-38-66(54-74)62-31-11-2-12-32-62)90-84-60-80(88(72-47-23-8-24-48-72)76-52-28-40-68(56-76)64-35-15-4-16-36-64)79(59-83(84)89-81)87(71-45-21-7-22-46-71)75-51-27-39-67(55-75)63-33-13-3-14-34-63/h1-60H. The molecule has 0 unspecified atom stereocenters. The number of nitrogens with zero attached hydrogens (tertiary/aromatic N) is 4. The molecule has 428 valence electrons. The van der Waals surface area contributed by atoms with Crippen LogP contribution in [0.4, 0.5) is 68.2 Å². The molecule has 14 aromatic carbocycles. The van der Waals surface area contributed by atoms with E-state index >= 15 is 0 Å². The Balaban J connectivity index is 0.983. The summed E-state index contributed by atoms with van der Waals surface area (Å²) >= 11 is 0. The zero-order chi connectivity index (χ0) is 60.0. The first-order valence-electron chi connectivity index (χ1n) is 30.4. The molecule has 0 saturated carbocycles. The summed E-state index contributed by atoms with van der Waals surface area (Å²) in [6.45, 7) is 0. The minimum absolute atomic E-state index is 0.555. The smallest absolute Gasteiger partial charge is 0.172 e. The first kappa shape index (κ1) is 54.5. The Morgan fingerprint density at radius 3 is 0.511 bits per heavy atom. The second kappa shape index (κ2) is 24.7. The van der Waals surface area contributed by atoms with Crippen molar-refractivity contribution in [2.45, 2.75) is 0 Å². The van der Waals surface area contributed by atoms with Crippen LogP contribution in [0.25, 0.3) is 44.5 Å². The molecule has 0 radical (unpaired) electrons. The van der Waals surface area contributed by atoms with Crippen LogP contribution in [0.5, 0.6) is 23.0 Å². The Morgan fingerprint density at radius 1 is 0.144 bits per heavy atom. The number of benzene rings is 14. The van der Waals surface area contributed by atoms with Gasteiger partial charge in [-0.15, -0.1) is 0 Å². The van der Waals surface area contributed by atoms with E-state index in [1.165, 1.54) is 0 Å². The SMILES string of the molecule is c1ccc(-c2cccc(N(c3ccccc3)c3cc4c(cc3N(c3ccccc3)c3cccc(-c5ccccc5)c3)Oc3cc(N(c5ccccc5)c5cccc(-c6ccccc6)c5)c(N(c5ccccc5)c5cccc(-c6ccccc6)c5)cc3O4)c2)cc1. The Bertz CT molecular complexity index is 4160. The topological polar surface area (TPSA) is 31.4 Å². The monoisotopic (exact) mass is 1160 g/mol. The molecule has 0 spiro atoms. The molecule has 0 bridgehead atoms. The van der Waals surface area contributed by atoms with Gasteiger partial charge in [-0.3, -0.25) is 0 Å². The van der Waals surface area contributed by atoms with Crippen LogP contribution < -0.4 is 29.1 Å². The average molecular weight is 1160 g/mol. The summed E-state index contributed by atoms with van der Waals surface area (Å²) in [6, 6.07) is 128. The molecule has 1 aliphatic rings. The predicted octanol–water partition coefficient (Wildman–Crippen LogP) is 24.1. The van der Waals surface area contributed by atoms with E-state index in [9.17, 15) is 0 Å². The molecule has 0 fully saturated rings. The molecule has 0 atom stereocenters. The van der Waals surface area contributed by atoms with Crippen molar-refractivity contribution in [1.82, 2.24) is 0 Å². The van der Waals surface area contributed by atoms with Crippen molar-refractivity contribution in [3.05, 3.63) is 364 Å². The van der Waals surface area contributed by atoms with Crippen LogP contribution in [0.3, 0.4) is 0 Å². The third-order valence-electron chi connectivity index (χ3n) is 16.4. The van der Waals surface area contributed by atoms with Gasteiger partial charge in [0.05, 0.1) is 22.7 Å². The van der Waals surface area contributed by atoms with Crippen molar-refractivity contribution in [2.75, 3.05) is 19.6 Å². The van der Waals surface area contributed by atoms with Crippen LogP contribution in [-0.4, -0.2) is 0 Å². The first-order valence-corrected chi connectivity index (χ1v) is 30.4. The predicted molar refractivity (Wildman–Crippen MR) is 374 cm³/mol. The van der Waals surface area contributed by atoms with Gasteiger partial charge >= 0.3 is 0 Å². The Morgan fingerprint density at radius 2 is 0.311 bits per heavy atom. The van der Waals surface area contributed by atoms with Crippen LogP contribution in [0.15, 0.2) is 364 Å². The Hall–Kier alpha value is -12.1. The molecule has 0 saturated heterocycles. The summed E-state index contributed by atoms with van der Waals surface area (Å²) in [6.07, 6.45) is 0. The number of ether oxygens (including phenoxy) is 2. The fraction of sp³-hybridized carbons (Fsp3) is 0. The minimum atomic E-state index is 0.555. The molecule has 0 aliphatic carbocycles. The number of hydrogen-bond donors (Lipinski definition) is 0. The van der Waals surface area contributed by atoms with E-state index < -0.39 is 0 Å². The minimum Gasteiger partial charge on any atom is -0.449 e. The van der Waals surface area contributed by atoms with Gasteiger partial charge in [0.1, 0.15) is 0 Å². The van der Waals surface area contributed by atoms with Crippen LogP contribution in [0, 0.1) is 0 Å². The van der Waals surface area contributed by atoms with Gasteiger partial charge < -0.3 is 29.1 Å². The maximum absolute atomic E-state index is 7.52. The molecule has 0 aromatic heterocycles. The van der Waals surface area contributed by atoms with Gasteiger partial charge in [0.25, 0.3) is 0 Å². The molecule has 6 nitrogen and oxygen atoms in total. The van der Waals surface area contributed by atoms with E-state index in [0.29, 0.717) is 23.0 Å². The molecule has 0 N–H and O–H groups in total. The lowest BCUT2D eigenvalue weighted by atomic mass is 10.0. The second-order valence-electron chi connectivity index (χ2n) is 22.1. The maximum Gasteiger partial charge on any atom is 0.172 e. The maximum atomic E-state index is 7.52. The quantitative estimate of drug-likeness (QED) is 0.0958. The van der Waals surface area contributed by atoms with Crippen molar-refractivity contribution in [2.24, 2.45) is 0 Å². The second-order valence-corrected chi connectivity index (χ2v) is 22.1.